The third-order valence-corrected chi connectivity index (χ3v) is 4.19. The SMILES string of the molecule is COCC(N)C(=O)NCC1(c2ccc(F)cc2)CCOCC1. The molecule has 1 saturated heterocycles. The number of benzene rings is 1. The molecule has 0 aliphatic carbocycles. The van der Waals surface area contributed by atoms with Gasteiger partial charge in [0, 0.05) is 32.3 Å². The average Bonchev–Trinajstić information content (AvgIpc) is 2.54. The maximum Gasteiger partial charge on any atom is 0.239 e. The van der Waals surface area contributed by atoms with Crippen LogP contribution in [0.3, 0.4) is 0 Å². The molecule has 0 spiro atoms. The van der Waals surface area contributed by atoms with Gasteiger partial charge in [-0.05, 0) is 30.5 Å². The largest absolute Gasteiger partial charge is 0.383 e. The van der Waals surface area contributed by atoms with Crippen molar-refractivity contribution in [3.63, 3.8) is 0 Å². The Morgan fingerprint density at radius 3 is 2.64 bits per heavy atom. The molecular weight excluding hydrogens is 287 g/mol. The molecule has 2 rings (SSSR count). The third-order valence-electron chi connectivity index (χ3n) is 4.19. The van der Waals surface area contributed by atoms with E-state index in [9.17, 15) is 9.18 Å². The molecule has 1 amide bonds. The van der Waals surface area contributed by atoms with E-state index in [1.54, 1.807) is 12.1 Å². The van der Waals surface area contributed by atoms with E-state index in [0.29, 0.717) is 19.8 Å². The summed E-state index contributed by atoms with van der Waals surface area (Å²) in [5, 5.41) is 2.90. The summed E-state index contributed by atoms with van der Waals surface area (Å²) in [5.74, 6) is -0.507. The number of amides is 1. The predicted molar refractivity (Wildman–Crippen MR) is 81.0 cm³/mol. The number of halogens is 1. The Bertz CT molecular complexity index is 487. The topological polar surface area (TPSA) is 73.6 Å². The monoisotopic (exact) mass is 310 g/mol. The summed E-state index contributed by atoms with van der Waals surface area (Å²) >= 11 is 0. The van der Waals surface area contributed by atoms with Gasteiger partial charge in [-0.3, -0.25) is 4.79 Å². The number of hydrogen-bond donors (Lipinski definition) is 2. The summed E-state index contributed by atoms with van der Waals surface area (Å²) in [6.45, 7) is 1.88. The minimum absolute atomic E-state index is 0.179. The van der Waals surface area contributed by atoms with E-state index in [1.165, 1.54) is 19.2 Å². The first kappa shape index (κ1) is 16.9. The van der Waals surface area contributed by atoms with Crippen LogP contribution in [0.5, 0.6) is 0 Å². The molecule has 5 nitrogen and oxygen atoms in total. The Balaban J connectivity index is 2.09. The van der Waals surface area contributed by atoms with Crippen molar-refractivity contribution in [1.82, 2.24) is 5.32 Å². The molecule has 1 heterocycles. The number of ether oxygens (including phenoxy) is 2. The predicted octanol–water partition coefficient (Wildman–Crippen LogP) is 0.964. The molecule has 6 heteroatoms. The lowest BCUT2D eigenvalue weighted by Gasteiger charge is -2.38. The minimum atomic E-state index is -0.685. The number of carbonyl (C=O) groups excluding carboxylic acids is 1. The van der Waals surface area contributed by atoms with Crippen LogP contribution in [0, 0.1) is 5.82 Å². The molecule has 0 bridgehead atoms. The molecule has 0 radical (unpaired) electrons. The smallest absolute Gasteiger partial charge is 0.239 e. The van der Waals surface area contributed by atoms with Gasteiger partial charge in [0.05, 0.1) is 6.61 Å². The van der Waals surface area contributed by atoms with Gasteiger partial charge in [0.15, 0.2) is 0 Å². The second-order valence-corrected chi connectivity index (χ2v) is 5.68. The quantitative estimate of drug-likeness (QED) is 0.821. The zero-order valence-electron chi connectivity index (χ0n) is 12.8. The highest BCUT2D eigenvalue weighted by atomic mass is 19.1. The minimum Gasteiger partial charge on any atom is -0.383 e. The number of carbonyl (C=O) groups is 1. The fourth-order valence-corrected chi connectivity index (χ4v) is 2.78. The molecule has 0 saturated carbocycles. The summed E-state index contributed by atoms with van der Waals surface area (Å²) in [4.78, 5) is 12.0. The van der Waals surface area contributed by atoms with Crippen molar-refractivity contribution in [1.29, 1.82) is 0 Å². The van der Waals surface area contributed by atoms with Gasteiger partial charge < -0.3 is 20.5 Å². The molecule has 1 fully saturated rings. The number of nitrogens with two attached hydrogens (primary N) is 1. The van der Waals surface area contributed by atoms with Crippen molar-refractivity contribution >= 4 is 5.91 Å². The number of rotatable bonds is 6. The molecule has 1 aromatic carbocycles. The van der Waals surface area contributed by atoms with Gasteiger partial charge in [0.25, 0.3) is 0 Å². The first-order valence-corrected chi connectivity index (χ1v) is 7.43. The first-order valence-electron chi connectivity index (χ1n) is 7.43. The normalized spacial score (nSPS) is 18.7. The Morgan fingerprint density at radius 2 is 2.05 bits per heavy atom. The van der Waals surface area contributed by atoms with Crippen molar-refractivity contribution in [2.45, 2.75) is 24.3 Å². The molecule has 122 valence electrons. The Hall–Kier alpha value is -1.50. The van der Waals surface area contributed by atoms with Gasteiger partial charge in [-0.15, -0.1) is 0 Å². The average molecular weight is 310 g/mol. The Kier molecular flexibility index (Phi) is 5.88. The standard InChI is InChI=1S/C16H23FN2O3/c1-21-10-14(18)15(20)19-11-16(6-8-22-9-7-16)12-2-4-13(17)5-3-12/h2-5,14H,6-11,18H2,1H3,(H,19,20). The lowest BCUT2D eigenvalue weighted by atomic mass is 9.74. The molecule has 1 aromatic rings. The van der Waals surface area contributed by atoms with E-state index in [0.717, 1.165) is 18.4 Å². The zero-order valence-corrected chi connectivity index (χ0v) is 12.8. The van der Waals surface area contributed by atoms with Gasteiger partial charge in [-0.1, -0.05) is 12.1 Å². The van der Waals surface area contributed by atoms with Crippen LogP contribution in [-0.4, -0.2) is 45.4 Å². The second-order valence-electron chi connectivity index (χ2n) is 5.68. The number of methoxy groups -OCH3 is 1. The van der Waals surface area contributed by atoms with Gasteiger partial charge in [0.2, 0.25) is 5.91 Å². The van der Waals surface area contributed by atoms with E-state index in [1.807, 2.05) is 0 Å². The third kappa shape index (κ3) is 4.03. The fourth-order valence-electron chi connectivity index (χ4n) is 2.78. The van der Waals surface area contributed by atoms with Crippen LogP contribution in [0.15, 0.2) is 24.3 Å². The van der Waals surface area contributed by atoms with E-state index < -0.39 is 6.04 Å². The van der Waals surface area contributed by atoms with Gasteiger partial charge in [-0.2, -0.15) is 0 Å². The zero-order chi connectivity index (χ0) is 16.0. The highest BCUT2D eigenvalue weighted by molar-refractivity contribution is 5.81. The summed E-state index contributed by atoms with van der Waals surface area (Å²) in [5.41, 5.74) is 6.50. The summed E-state index contributed by atoms with van der Waals surface area (Å²) in [6.07, 6.45) is 1.55. The van der Waals surface area contributed by atoms with Crippen molar-refractivity contribution in [3.05, 3.63) is 35.6 Å². The lowest BCUT2D eigenvalue weighted by Crippen LogP contribution is -2.50. The van der Waals surface area contributed by atoms with Crippen LogP contribution in [0.1, 0.15) is 18.4 Å². The van der Waals surface area contributed by atoms with Crippen LogP contribution in [0.4, 0.5) is 4.39 Å². The second kappa shape index (κ2) is 7.67. The fraction of sp³-hybridized carbons (Fsp3) is 0.562. The highest BCUT2D eigenvalue weighted by Crippen LogP contribution is 2.34. The lowest BCUT2D eigenvalue weighted by molar-refractivity contribution is -0.124. The molecule has 0 aromatic heterocycles. The van der Waals surface area contributed by atoms with Gasteiger partial charge >= 0.3 is 0 Å². The highest BCUT2D eigenvalue weighted by Gasteiger charge is 2.35. The summed E-state index contributed by atoms with van der Waals surface area (Å²) in [6, 6.07) is 5.77. The summed E-state index contributed by atoms with van der Waals surface area (Å²) < 4.78 is 23.5. The number of nitrogens with one attached hydrogen (secondary N) is 1. The van der Waals surface area contributed by atoms with E-state index in [4.69, 9.17) is 15.2 Å². The van der Waals surface area contributed by atoms with Crippen molar-refractivity contribution in [3.8, 4) is 0 Å². The molecule has 1 aliphatic rings. The van der Waals surface area contributed by atoms with Gasteiger partial charge in [-0.25, -0.2) is 4.39 Å². The molecule has 3 N–H and O–H groups in total. The maximum atomic E-state index is 13.2. The Labute approximate surface area is 130 Å². The van der Waals surface area contributed by atoms with Crippen LogP contribution >= 0.6 is 0 Å². The van der Waals surface area contributed by atoms with Crippen molar-refractivity contribution in [2.75, 3.05) is 33.5 Å². The number of hydrogen-bond acceptors (Lipinski definition) is 4. The first-order chi connectivity index (χ1) is 10.6. The molecule has 1 aliphatic heterocycles. The van der Waals surface area contributed by atoms with E-state index >= 15 is 0 Å². The van der Waals surface area contributed by atoms with Crippen LogP contribution in [0.2, 0.25) is 0 Å². The summed E-state index contributed by atoms with van der Waals surface area (Å²) in [7, 11) is 1.51. The van der Waals surface area contributed by atoms with Crippen LogP contribution in [-0.2, 0) is 19.7 Å². The van der Waals surface area contributed by atoms with Crippen LogP contribution < -0.4 is 11.1 Å². The van der Waals surface area contributed by atoms with Crippen LogP contribution in [0.25, 0.3) is 0 Å². The van der Waals surface area contributed by atoms with E-state index in [2.05, 4.69) is 5.32 Å². The van der Waals surface area contributed by atoms with Gasteiger partial charge in [0.1, 0.15) is 11.9 Å². The Morgan fingerprint density at radius 1 is 1.41 bits per heavy atom. The molecule has 22 heavy (non-hydrogen) atoms. The molecular formula is C16H23FN2O3. The van der Waals surface area contributed by atoms with Crippen molar-refractivity contribution < 1.29 is 18.7 Å². The molecule has 1 unspecified atom stereocenters. The maximum absolute atomic E-state index is 13.2. The van der Waals surface area contributed by atoms with E-state index in [-0.39, 0.29) is 23.7 Å². The molecule has 1 atom stereocenters. The van der Waals surface area contributed by atoms with Crippen molar-refractivity contribution in [2.24, 2.45) is 5.73 Å².